The fourth-order valence-corrected chi connectivity index (χ4v) is 5.26. The molecule has 0 saturated heterocycles. The Morgan fingerprint density at radius 1 is 0.750 bits per heavy atom. The van der Waals surface area contributed by atoms with Crippen molar-refractivity contribution < 1.29 is 19.8 Å². The molecule has 2 aromatic rings. The third kappa shape index (κ3) is 4.55. The number of carbonyl (C=O) groups excluding carboxylic acids is 2. The van der Waals surface area contributed by atoms with Crippen molar-refractivity contribution in [1.29, 1.82) is 0 Å². The summed E-state index contributed by atoms with van der Waals surface area (Å²) in [4.78, 5) is 27.9. The maximum absolute atomic E-state index is 13.9. The molecule has 0 aliphatic heterocycles. The Morgan fingerprint density at radius 3 is 1.56 bits per heavy atom. The number of hydrogen-bond acceptors (Lipinski definition) is 6. The fraction of sp³-hybridized carbons (Fsp3) is 0.462. The molecular formula is C26H34N2O4. The van der Waals surface area contributed by atoms with Gasteiger partial charge >= 0.3 is 0 Å². The van der Waals surface area contributed by atoms with Gasteiger partial charge in [-0.25, -0.2) is 0 Å². The van der Waals surface area contributed by atoms with Crippen molar-refractivity contribution in [2.75, 3.05) is 13.2 Å². The summed E-state index contributed by atoms with van der Waals surface area (Å²) in [5, 5.41) is 20.7. The number of ketones is 2. The van der Waals surface area contributed by atoms with Crippen LogP contribution in [0.4, 0.5) is 0 Å². The van der Waals surface area contributed by atoms with Crippen LogP contribution in [0.25, 0.3) is 0 Å². The third-order valence-corrected chi connectivity index (χ3v) is 7.08. The number of carbonyl (C=O) groups is 2. The maximum atomic E-state index is 13.9. The van der Waals surface area contributed by atoms with Crippen LogP contribution in [0.1, 0.15) is 36.8 Å². The topological polar surface area (TPSA) is 127 Å². The number of aliphatic hydroxyl groups excluding tert-OH is 2. The molecule has 6 heteroatoms. The molecule has 0 heterocycles. The molecule has 1 saturated carbocycles. The van der Waals surface area contributed by atoms with Crippen LogP contribution in [0.15, 0.2) is 60.7 Å². The second-order valence-corrected chi connectivity index (χ2v) is 9.03. The first-order chi connectivity index (χ1) is 15.4. The van der Waals surface area contributed by atoms with Crippen LogP contribution in [-0.2, 0) is 22.4 Å². The lowest BCUT2D eigenvalue weighted by Crippen LogP contribution is -2.65. The first-order valence-electron chi connectivity index (χ1n) is 11.3. The first-order valence-corrected chi connectivity index (χ1v) is 11.3. The van der Waals surface area contributed by atoms with Gasteiger partial charge in [0.15, 0.2) is 11.6 Å². The minimum Gasteiger partial charge on any atom is -0.396 e. The Labute approximate surface area is 189 Å². The quantitative estimate of drug-likeness (QED) is 0.419. The van der Waals surface area contributed by atoms with Crippen molar-refractivity contribution in [2.45, 2.75) is 50.6 Å². The predicted octanol–water partition coefficient (Wildman–Crippen LogP) is 1.80. The zero-order valence-electron chi connectivity index (χ0n) is 18.5. The summed E-state index contributed by atoms with van der Waals surface area (Å²) in [6, 6.07) is 16.9. The number of benzene rings is 2. The molecule has 1 aliphatic rings. The van der Waals surface area contributed by atoms with Gasteiger partial charge in [0.1, 0.15) is 5.41 Å². The molecule has 1 aliphatic carbocycles. The molecule has 1 fully saturated rings. The van der Waals surface area contributed by atoms with E-state index in [1.807, 2.05) is 60.7 Å². The van der Waals surface area contributed by atoms with Gasteiger partial charge in [-0.05, 0) is 36.8 Å². The van der Waals surface area contributed by atoms with E-state index < -0.39 is 47.7 Å². The molecule has 0 aromatic heterocycles. The monoisotopic (exact) mass is 438 g/mol. The van der Waals surface area contributed by atoms with Gasteiger partial charge in [-0.1, -0.05) is 73.5 Å². The molecule has 0 unspecified atom stereocenters. The predicted molar refractivity (Wildman–Crippen MR) is 124 cm³/mol. The van der Waals surface area contributed by atoms with Gasteiger partial charge in [-0.3, -0.25) is 9.59 Å². The van der Waals surface area contributed by atoms with E-state index in [0.29, 0.717) is 19.3 Å². The van der Waals surface area contributed by atoms with E-state index in [1.165, 1.54) is 0 Å². The van der Waals surface area contributed by atoms with Crippen LogP contribution in [0, 0.1) is 10.8 Å². The lowest BCUT2D eigenvalue weighted by Gasteiger charge is -2.51. The number of nitrogens with two attached hydrogens (primary N) is 2. The second-order valence-electron chi connectivity index (χ2n) is 9.03. The Balaban J connectivity index is 1.99. The summed E-state index contributed by atoms with van der Waals surface area (Å²) in [5.74, 6) is -0.865. The lowest BCUT2D eigenvalue weighted by molar-refractivity contribution is -0.166. The molecule has 2 atom stereocenters. The summed E-state index contributed by atoms with van der Waals surface area (Å²) in [6.45, 7) is -0.950. The Hall–Kier alpha value is -2.38. The van der Waals surface area contributed by atoms with Gasteiger partial charge < -0.3 is 21.7 Å². The van der Waals surface area contributed by atoms with E-state index in [2.05, 4.69) is 0 Å². The van der Waals surface area contributed by atoms with Crippen LogP contribution in [-0.4, -0.2) is 47.1 Å². The van der Waals surface area contributed by atoms with Crippen molar-refractivity contribution >= 4 is 11.6 Å². The molecule has 2 aromatic carbocycles. The van der Waals surface area contributed by atoms with Crippen molar-refractivity contribution in [3.8, 4) is 0 Å². The molecule has 3 rings (SSSR count). The van der Waals surface area contributed by atoms with E-state index in [1.54, 1.807) is 0 Å². The Bertz CT molecular complexity index is 837. The van der Waals surface area contributed by atoms with E-state index in [4.69, 9.17) is 11.5 Å². The molecule has 0 spiro atoms. The van der Waals surface area contributed by atoms with E-state index >= 15 is 0 Å². The normalized spacial score (nSPS) is 19.1. The van der Waals surface area contributed by atoms with Crippen LogP contribution < -0.4 is 11.5 Å². The number of Topliss-reactive ketones (excluding diaryl/α,β-unsaturated/α-hetero) is 2. The van der Waals surface area contributed by atoms with E-state index in [-0.39, 0.29) is 19.3 Å². The molecular weight excluding hydrogens is 404 g/mol. The van der Waals surface area contributed by atoms with Gasteiger partial charge in [0, 0.05) is 5.41 Å². The molecule has 32 heavy (non-hydrogen) atoms. The Morgan fingerprint density at radius 2 is 1.16 bits per heavy atom. The molecule has 0 radical (unpaired) electrons. The fourth-order valence-electron chi connectivity index (χ4n) is 5.26. The van der Waals surface area contributed by atoms with Gasteiger partial charge in [0.05, 0.1) is 25.3 Å². The zero-order valence-corrected chi connectivity index (χ0v) is 18.5. The number of rotatable bonds is 10. The number of hydrogen-bond donors (Lipinski definition) is 4. The highest BCUT2D eigenvalue weighted by atomic mass is 16.3. The minimum atomic E-state index is -1.61. The highest BCUT2D eigenvalue weighted by Gasteiger charge is 2.62. The smallest absolute Gasteiger partial charge is 0.164 e. The highest BCUT2D eigenvalue weighted by molar-refractivity contribution is 6.12. The second kappa shape index (κ2) is 10.5. The van der Waals surface area contributed by atoms with Gasteiger partial charge in [0.2, 0.25) is 0 Å². The minimum absolute atomic E-state index is 0.233. The molecule has 6 nitrogen and oxygen atoms in total. The van der Waals surface area contributed by atoms with Crippen LogP contribution >= 0.6 is 0 Å². The molecule has 0 amide bonds. The van der Waals surface area contributed by atoms with Crippen molar-refractivity contribution in [2.24, 2.45) is 22.3 Å². The average Bonchev–Trinajstić information content (AvgIpc) is 2.84. The SMILES string of the molecule is N[C@@H](Cc1ccccc1)C(=O)C1(C(=O)[C@@H](N)Cc2ccccc2)CCCCC1(CO)CO. The summed E-state index contributed by atoms with van der Waals surface area (Å²) in [6.07, 6.45) is 2.50. The van der Waals surface area contributed by atoms with Crippen LogP contribution in [0.5, 0.6) is 0 Å². The van der Waals surface area contributed by atoms with Crippen molar-refractivity contribution in [1.82, 2.24) is 0 Å². The van der Waals surface area contributed by atoms with Crippen molar-refractivity contribution in [3.63, 3.8) is 0 Å². The maximum Gasteiger partial charge on any atom is 0.164 e. The summed E-state index contributed by atoms with van der Waals surface area (Å²) in [7, 11) is 0. The first kappa shape index (κ1) is 24.3. The van der Waals surface area contributed by atoms with E-state index in [9.17, 15) is 19.8 Å². The van der Waals surface area contributed by atoms with Gasteiger partial charge in [-0.15, -0.1) is 0 Å². The third-order valence-electron chi connectivity index (χ3n) is 7.08. The van der Waals surface area contributed by atoms with Crippen molar-refractivity contribution in [3.05, 3.63) is 71.8 Å². The zero-order chi connectivity index (χ0) is 23.2. The van der Waals surface area contributed by atoms with E-state index in [0.717, 1.165) is 11.1 Å². The van der Waals surface area contributed by atoms with Gasteiger partial charge in [0.25, 0.3) is 0 Å². The molecule has 172 valence electrons. The standard InChI is InChI=1S/C26H34N2O4/c27-21(15-19-9-3-1-4-10-19)23(31)26(14-8-7-13-25(26,17-29)18-30)24(32)22(28)16-20-11-5-2-6-12-20/h1-6,9-12,21-22,29-30H,7-8,13-18,27-28H2/t21-,22-/m0/s1. The lowest BCUT2D eigenvalue weighted by atomic mass is 9.50. The van der Waals surface area contributed by atoms with Crippen LogP contribution in [0.2, 0.25) is 0 Å². The summed E-state index contributed by atoms with van der Waals surface area (Å²) < 4.78 is 0. The highest BCUT2D eigenvalue weighted by Crippen LogP contribution is 2.52. The average molecular weight is 439 g/mol. The number of aliphatic hydroxyl groups is 2. The Kier molecular flexibility index (Phi) is 7.96. The van der Waals surface area contributed by atoms with Gasteiger partial charge in [-0.2, -0.15) is 0 Å². The molecule has 6 N–H and O–H groups in total. The van der Waals surface area contributed by atoms with Crippen LogP contribution in [0.3, 0.4) is 0 Å². The molecule has 0 bridgehead atoms. The summed E-state index contributed by atoms with van der Waals surface area (Å²) >= 11 is 0. The largest absolute Gasteiger partial charge is 0.396 e. The summed E-state index contributed by atoms with van der Waals surface area (Å²) in [5.41, 5.74) is 11.6.